The Kier molecular flexibility index (Phi) is 10.4. The van der Waals surface area contributed by atoms with Gasteiger partial charge in [0.2, 0.25) is 0 Å². The molecule has 2 aromatic carbocycles. The Morgan fingerprint density at radius 1 is 0.213 bits per heavy atom. The standard InChI is InChI=1S/C47H80/c1-39(2,3)29-27-28-30(32(41(7,8)9)31(29)40(4,5)6)47(25,26)38-36(45(19,20)21)34(43(13,14)15)33(42(10,11)12)35(44(16,17)18)37(38)46(22,23)24/h27-28H,1-26H3. The van der Waals surface area contributed by atoms with Crippen LogP contribution in [0.2, 0.25) is 0 Å². The van der Waals surface area contributed by atoms with Gasteiger partial charge in [-0.25, -0.2) is 0 Å². The highest BCUT2D eigenvalue weighted by Gasteiger charge is 2.47. The second-order valence-electron chi connectivity index (χ2n) is 23.8. The molecular formula is C47H80. The van der Waals surface area contributed by atoms with Crippen LogP contribution >= 0.6 is 0 Å². The summed E-state index contributed by atoms with van der Waals surface area (Å²) in [6.07, 6.45) is 0. The summed E-state index contributed by atoms with van der Waals surface area (Å²) in [4.78, 5) is 0. The molecular weight excluding hydrogens is 565 g/mol. The van der Waals surface area contributed by atoms with Gasteiger partial charge >= 0.3 is 0 Å². The van der Waals surface area contributed by atoms with Crippen LogP contribution in [0.15, 0.2) is 12.1 Å². The van der Waals surface area contributed by atoms with Gasteiger partial charge in [-0.15, -0.1) is 0 Å². The minimum atomic E-state index is -0.263. The maximum Gasteiger partial charge on any atom is 0.0155 e. The number of hydrogen-bond donors (Lipinski definition) is 0. The Bertz CT molecular complexity index is 1410. The van der Waals surface area contributed by atoms with Crippen molar-refractivity contribution in [2.24, 2.45) is 0 Å². The van der Waals surface area contributed by atoms with Gasteiger partial charge in [-0.3, -0.25) is 0 Å². The van der Waals surface area contributed by atoms with E-state index in [1.807, 2.05) is 0 Å². The smallest absolute Gasteiger partial charge is 0.0155 e. The van der Waals surface area contributed by atoms with Crippen molar-refractivity contribution >= 4 is 0 Å². The first-order valence-corrected chi connectivity index (χ1v) is 18.7. The number of benzene rings is 2. The normalized spacial score (nSPS) is 15.0. The predicted molar refractivity (Wildman–Crippen MR) is 215 cm³/mol. The summed E-state index contributed by atoms with van der Waals surface area (Å²) < 4.78 is 0. The van der Waals surface area contributed by atoms with Crippen LogP contribution in [0.4, 0.5) is 0 Å². The molecule has 0 aromatic heterocycles. The largest absolute Gasteiger partial charge is 0.0579 e. The van der Waals surface area contributed by atoms with Crippen LogP contribution in [0.5, 0.6) is 0 Å². The van der Waals surface area contributed by atoms with Gasteiger partial charge in [-0.2, -0.15) is 0 Å². The molecule has 0 radical (unpaired) electrons. The topological polar surface area (TPSA) is 0 Å². The maximum atomic E-state index is 2.57. The third-order valence-corrected chi connectivity index (χ3v) is 10.1. The van der Waals surface area contributed by atoms with E-state index < -0.39 is 0 Å². The van der Waals surface area contributed by atoms with Crippen LogP contribution in [0.1, 0.15) is 236 Å². The van der Waals surface area contributed by atoms with Gasteiger partial charge < -0.3 is 0 Å². The minimum Gasteiger partial charge on any atom is -0.0579 e. The van der Waals surface area contributed by atoms with E-state index in [1.54, 1.807) is 33.4 Å². The van der Waals surface area contributed by atoms with Crippen LogP contribution in [-0.2, 0) is 48.7 Å². The highest BCUT2D eigenvalue weighted by Crippen LogP contribution is 2.56. The molecule has 268 valence electrons. The summed E-state index contributed by atoms with van der Waals surface area (Å²) in [5, 5.41) is 0. The summed E-state index contributed by atoms with van der Waals surface area (Å²) in [6.45, 7) is 63.9. The van der Waals surface area contributed by atoms with Crippen LogP contribution in [-0.4, -0.2) is 0 Å². The molecule has 2 rings (SSSR count). The first-order valence-electron chi connectivity index (χ1n) is 18.7. The molecule has 0 unspecified atom stereocenters. The average molecular weight is 645 g/mol. The van der Waals surface area contributed by atoms with E-state index in [1.165, 1.54) is 22.3 Å². The fourth-order valence-electron chi connectivity index (χ4n) is 8.57. The first-order chi connectivity index (χ1) is 20.2. The SMILES string of the molecule is CC(C)(C)c1ccc(C(C)(C)c2c(C(C)(C)C)c(C(C)(C)C)c(C(C)(C)C)c(C(C)(C)C)c2C(C)(C)C)c(C(C)(C)C)c1C(C)(C)C. The monoisotopic (exact) mass is 645 g/mol. The molecule has 0 heteroatoms. The lowest BCUT2D eigenvalue weighted by molar-refractivity contribution is 0.436. The van der Waals surface area contributed by atoms with E-state index >= 15 is 0 Å². The molecule has 0 N–H and O–H groups in total. The Hall–Kier alpha value is -1.56. The Morgan fingerprint density at radius 3 is 0.617 bits per heavy atom. The predicted octanol–water partition coefficient (Wildman–Crippen LogP) is 14.4. The van der Waals surface area contributed by atoms with Crippen molar-refractivity contribution in [2.75, 3.05) is 0 Å². The molecule has 0 aliphatic rings. The third-order valence-electron chi connectivity index (χ3n) is 10.1. The highest BCUT2D eigenvalue weighted by atomic mass is 14.5. The Labute approximate surface area is 295 Å². The van der Waals surface area contributed by atoms with Crippen molar-refractivity contribution in [1.29, 1.82) is 0 Å². The summed E-state index contributed by atoms with van der Waals surface area (Å²) in [5.41, 5.74) is 15.0. The van der Waals surface area contributed by atoms with Crippen molar-refractivity contribution in [3.63, 3.8) is 0 Å². The zero-order chi connectivity index (χ0) is 37.7. The molecule has 0 aliphatic carbocycles. The van der Waals surface area contributed by atoms with Gasteiger partial charge in [0, 0.05) is 5.41 Å². The Morgan fingerprint density at radius 2 is 0.404 bits per heavy atom. The van der Waals surface area contributed by atoms with E-state index in [-0.39, 0.29) is 48.7 Å². The van der Waals surface area contributed by atoms with E-state index in [0.717, 1.165) is 0 Å². The van der Waals surface area contributed by atoms with Crippen LogP contribution in [0, 0.1) is 0 Å². The lowest BCUT2D eigenvalue weighted by Gasteiger charge is -2.50. The summed E-state index contributed by atoms with van der Waals surface area (Å²) in [7, 11) is 0. The molecule has 0 bridgehead atoms. The number of rotatable bonds is 2. The van der Waals surface area contributed by atoms with Gasteiger partial charge in [0.15, 0.2) is 0 Å². The molecule has 0 fully saturated rings. The zero-order valence-electron chi connectivity index (χ0n) is 36.7. The first kappa shape index (κ1) is 41.6. The van der Waals surface area contributed by atoms with Crippen LogP contribution < -0.4 is 0 Å². The Balaban J connectivity index is 3.74. The highest BCUT2D eigenvalue weighted by molar-refractivity contribution is 5.67. The maximum absolute atomic E-state index is 2.57. The third kappa shape index (κ3) is 8.09. The quantitative estimate of drug-likeness (QED) is 0.305. The molecule has 0 heterocycles. The molecule has 0 saturated heterocycles. The number of hydrogen-bond acceptors (Lipinski definition) is 0. The zero-order valence-corrected chi connectivity index (χ0v) is 36.7. The average Bonchev–Trinajstić information content (AvgIpc) is 2.76. The molecule has 0 saturated carbocycles. The van der Waals surface area contributed by atoms with Crippen molar-refractivity contribution < 1.29 is 0 Å². The fourth-order valence-corrected chi connectivity index (χ4v) is 8.57. The van der Waals surface area contributed by atoms with Crippen molar-refractivity contribution in [2.45, 2.75) is 229 Å². The molecule has 47 heavy (non-hydrogen) atoms. The molecule has 2 aromatic rings. The van der Waals surface area contributed by atoms with Crippen molar-refractivity contribution in [1.82, 2.24) is 0 Å². The summed E-state index contributed by atoms with van der Waals surface area (Å²) in [5.74, 6) is 0. The van der Waals surface area contributed by atoms with E-state index in [2.05, 4.69) is 192 Å². The lowest BCUT2D eigenvalue weighted by atomic mass is 9.54. The van der Waals surface area contributed by atoms with E-state index in [9.17, 15) is 0 Å². The fraction of sp³-hybridized carbons (Fsp3) is 0.745. The molecule has 0 amide bonds. The molecule has 0 aliphatic heterocycles. The second-order valence-corrected chi connectivity index (χ2v) is 23.8. The van der Waals surface area contributed by atoms with Crippen molar-refractivity contribution in [3.05, 3.63) is 67.8 Å². The van der Waals surface area contributed by atoms with Gasteiger partial charge in [0.25, 0.3) is 0 Å². The molecule has 0 atom stereocenters. The van der Waals surface area contributed by atoms with Crippen LogP contribution in [0.3, 0.4) is 0 Å². The lowest BCUT2D eigenvalue weighted by Crippen LogP contribution is -2.41. The van der Waals surface area contributed by atoms with Gasteiger partial charge in [-0.1, -0.05) is 192 Å². The van der Waals surface area contributed by atoms with Crippen molar-refractivity contribution in [3.8, 4) is 0 Å². The van der Waals surface area contributed by atoms with Gasteiger partial charge in [-0.05, 0) is 99.0 Å². The molecule has 0 nitrogen and oxygen atoms in total. The van der Waals surface area contributed by atoms with E-state index in [4.69, 9.17) is 0 Å². The van der Waals surface area contributed by atoms with Gasteiger partial charge in [0.05, 0.1) is 0 Å². The summed E-state index contributed by atoms with van der Waals surface area (Å²) in [6, 6.07) is 5.04. The minimum absolute atomic E-state index is 0.000261. The summed E-state index contributed by atoms with van der Waals surface area (Å²) >= 11 is 0. The van der Waals surface area contributed by atoms with E-state index in [0.29, 0.717) is 0 Å². The molecule has 0 spiro atoms. The van der Waals surface area contributed by atoms with Gasteiger partial charge in [0.1, 0.15) is 0 Å². The van der Waals surface area contributed by atoms with Crippen LogP contribution in [0.25, 0.3) is 0 Å². The second kappa shape index (κ2) is 11.8.